The van der Waals surface area contributed by atoms with Crippen LogP contribution in [0, 0.1) is 10.1 Å². The summed E-state index contributed by atoms with van der Waals surface area (Å²) in [4.78, 5) is 10.6. The van der Waals surface area contributed by atoms with Crippen molar-refractivity contribution in [1.29, 1.82) is 0 Å². The Morgan fingerprint density at radius 2 is 1.68 bits per heavy atom. The minimum absolute atomic E-state index is 0.110. The third-order valence-corrected chi connectivity index (χ3v) is 2.64. The van der Waals surface area contributed by atoms with Gasteiger partial charge in [0.15, 0.2) is 5.75 Å². The highest BCUT2D eigenvalue weighted by molar-refractivity contribution is 5.64. The number of aromatic hydroxyl groups is 1. The first-order valence-electron chi connectivity index (χ1n) is 6.00. The second kappa shape index (κ2) is 5.44. The molecule has 0 aliphatic rings. The molecular formula is C12H9N5O5. The summed E-state index contributed by atoms with van der Waals surface area (Å²) in [5.74, 6) is -0.524. The standard InChI is InChI=1S/C12H9N5O5/c18-7-1-2-8(21-9-3-5-13-15-9)11(17(19)20)12(7)22-10-4-6-14-16-10/h1-6,18H,(H,13,15)(H,14,16). The number of nitro groups is 1. The predicted molar refractivity (Wildman–Crippen MR) is 72.1 cm³/mol. The molecule has 3 N–H and O–H groups in total. The summed E-state index contributed by atoms with van der Waals surface area (Å²) in [6.07, 6.45) is 2.84. The van der Waals surface area contributed by atoms with Crippen molar-refractivity contribution in [2.45, 2.75) is 0 Å². The number of phenols is 1. The molecule has 0 saturated carbocycles. The van der Waals surface area contributed by atoms with E-state index in [1.54, 1.807) is 0 Å². The zero-order chi connectivity index (χ0) is 15.5. The minimum Gasteiger partial charge on any atom is -0.504 e. The van der Waals surface area contributed by atoms with E-state index in [-0.39, 0.29) is 23.3 Å². The predicted octanol–water partition coefficient (Wildman–Crippen LogP) is 2.33. The average Bonchev–Trinajstić information content (AvgIpc) is 3.15. The first kappa shape index (κ1) is 13.4. The van der Waals surface area contributed by atoms with Crippen molar-refractivity contribution in [2.24, 2.45) is 0 Å². The van der Waals surface area contributed by atoms with Crippen LogP contribution in [0.1, 0.15) is 0 Å². The number of H-pyrrole nitrogens is 2. The normalized spacial score (nSPS) is 10.4. The highest BCUT2D eigenvalue weighted by Crippen LogP contribution is 2.45. The van der Waals surface area contributed by atoms with Gasteiger partial charge in [0.25, 0.3) is 5.75 Å². The molecule has 0 unspecified atom stereocenters. The Hall–Kier alpha value is -3.56. The van der Waals surface area contributed by atoms with Crippen LogP contribution in [0.15, 0.2) is 36.7 Å². The minimum atomic E-state index is -0.711. The fraction of sp³-hybridized carbons (Fsp3) is 0. The Labute approximate surface area is 122 Å². The molecule has 0 radical (unpaired) electrons. The molecule has 0 saturated heterocycles. The van der Waals surface area contributed by atoms with Crippen LogP contribution in [0.4, 0.5) is 5.69 Å². The quantitative estimate of drug-likeness (QED) is 0.485. The number of aromatic amines is 2. The summed E-state index contributed by atoms with van der Waals surface area (Å²) in [7, 11) is 0. The largest absolute Gasteiger partial charge is 0.504 e. The van der Waals surface area contributed by atoms with E-state index < -0.39 is 16.4 Å². The van der Waals surface area contributed by atoms with E-state index in [0.29, 0.717) is 0 Å². The molecule has 22 heavy (non-hydrogen) atoms. The van der Waals surface area contributed by atoms with Crippen LogP contribution in [-0.2, 0) is 0 Å². The van der Waals surface area contributed by atoms with Crippen molar-refractivity contribution in [3.8, 4) is 29.0 Å². The number of aromatic nitrogens is 4. The number of hydrogen-bond acceptors (Lipinski definition) is 7. The summed E-state index contributed by atoms with van der Waals surface area (Å²) in [5.41, 5.74) is -0.524. The van der Waals surface area contributed by atoms with Gasteiger partial charge in [0.1, 0.15) is 0 Å². The van der Waals surface area contributed by atoms with Gasteiger partial charge in [-0.2, -0.15) is 10.2 Å². The van der Waals surface area contributed by atoms with Gasteiger partial charge in [0, 0.05) is 12.1 Å². The number of nitrogens with one attached hydrogen (secondary N) is 2. The summed E-state index contributed by atoms with van der Waals surface area (Å²) in [6.45, 7) is 0. The Morgan fingerprint density at radius 3 is 2.23 bits per heavy atom. The van der Waals surface area contributed by atoms with Gasteiger partial charge in [0.2, 0.25) is 17.5 Å². The van der Waals surface area contributed by atoms with E-state index >= 15 is 0 Å². The molecule has 0 amide bonds. The van der Waals surface area contributed by atoms with Crippen LogP contribution >= 0.6 is 0 Å². The third kappa shape index (κ3) is 2.52. The molecule has 2 aromatic heterocycles. The maximum absolute atomic E-state index is 11.3. The molecule has 0 atom stereocenters. The molecule has 2 heterocycles. The van der Waals surface area contributed by atoms with E-state index in [4.69, 9.17) is 9.47 Å². The van der Waals surface area contributed by atoms with Crippen molar-refractivity contribution in [3.05, 3.63) is 46.8 Å². The van der Waals surface area contributed by atoms with Gasteiger partial charge in [0.05, 0.1) is 17.3 Å². The van der Waals surface area contributed by atoms with Crippen molar-refractivity contribution in [2.75, 3.05) is 0 Å². The van der Waals surface area contributed by atoms with Crippen molar-refractivity contribution >= 4 is 5.69 Å². The monoisotopic (exact) mass is 303 g/mol. The van der Waals surface area contributed by atoms with Crippen LogP contribution in [0.5, 0.6) is 29.0 Å². The van der Waals surface area contributed by atoms with Gasteiger partial charge in [-0.25, -0.2) is 10.2 Å². The van der Waals surface area contributed by atoms with Crippen LogP contribution in [-0.4, -0.2) is 30.4 Å². The molecule has 0 spiro atoms. The number of ether oxygens (including phenoxy) is 2. The zero-order valence-corrected chi connectivity index (χ0v) is 10.9. The number of rotatable bonds is 5. The first-order valence-corrected chi connectivity index (χ1v) is 6.00. The van der Waals surface area contributed by atoms with E-state index in [1.807, 2.05) is 0 Å². The Kier molecular flexibility index (Phi) is 3.32. The second-order valence-electron chi connectivity index (χ2n) is 4.06. The smallest absolute Gasteiger partial charge is 0.357 e. The van der Waals surface area contributed by atoms with Gasteiger partial charge < -0.3 is 14.6 Å². The summed E-state index contributed by atoms with van der Waals surface area (Å²) in [6, 6.07) is 5.43. The molecule has 0 aliphatic heterocycles. The molecule has 10 heteroatoms. The lowest BCUT2D eigenvalue weighted by Crippen LogP contribution is -1.98. The van der Waals surface area contributed by atoms with Gasteiger partial charge in [-0.1, -0.05) is 0 Å². The average molecular weight is 303 g/mol. The maximum Gasteiger partial charge on any atom is 0.357 e. The van der Waals surface area contributed by atoms with E-state index in [0.717, 1.165) is 0 Å². The lowest BCUT2D eigenvalue weighted by molar-refractivity contribution is -0.386. The van der Waals surface area contributed by atoms with Gasteiger partial charge in [-0.15, -0.1) is 0 Å². The van der Waals surface area contributed by atoms with Crippen LogP contribution < -0.4 is 9.47 Å². The molecule has 0 fully saturated rings. The summed E-state index contributed by atoms with van der Waals surface area (Å²) < 4.78 is 10.6. The number of hydrogen-bond donors (Lipinski definition) is 3. The van der Waals surface area contributed by atoms with E-state index in [1.165, 1.54) is 36.7 Å². The fourth-order valence-electron chi connectivity index (χ4n) is 1.73. The fourth-order valence-corrected chi connectivity index (χ4v) is 1.73. The van der Waals surface area contributed by atoms with Crippen molar-refractivity contribution in [3.63, 3.8) is 0 Å². The van der Waals surface area contributed by atoms with Gasteiger partial charge in [-0.05, 0) is 12.1 Å². The number of nitro benzene ring substituents is 1. The van der Waals surface area contributed by atoms with Crippen LogP contribution in [0.25, 0.3) is 0 Å². The molecular weight excluding hydrogens is 294 g/mol. The first-order chi connectivity index (χ1) is 10.6. The summed E-state index contributed by atoms with van der Waals surface area (Å²) in [5, 5.41) is 33.5. The molecule has 10 nitrogen and oxygen atoms in total. The number of phenolic OH excluding ortho intramolecular Hbond substituents is 1. The van der Waals surface area contributed by atoms with Crippen molar-refractivity contribution in [1.82, 2.24) is 20.4 Å². The molecule has 0 aliphatic carbocycles. The number of nitrogens with zero attached hydrogens (tertiary/aromatic N) is 3. The van der Waals surface area contributed by atoms with Crippen LogP contribution in [0.3, 0.4) is 0 Å². The van der Waals surface area contributed by atoms with E-state index in [9.17, 15) is 15.2 Å². The Morgan fingerprint density at radius 1 is 1.05 bits per heavy atom. The Bertz CT molecular complexity index is 785. The number of benzene rings is 1. The molecule has 1 aromatic carbocycles. The zero-order valence-electron chi connectivity index (χ0n) is 10.9. The van der Waals surface area contributed by atoms with E-state index in [2.05, 4.69) is 20.4 Å². The lowest BCUT2D eigenvalue weighted by atomic mass is 10.2. The lowest BCUT2D eigenvalue weighted by Gasteiger charge is -2.09. The Balaban J connectivity index is 2.05. The molecule has 3 rings (SSSR count). The second-order valence-corrected chi connectivity index (χ2v) is 4.06. The third-order valence-electron chi connectivity index (χ3n) is 2.64. The maximum atomic E-state index is 11.3. The topological polar surface area (TPSA) is 139 Å². The van der Waals surface area contributed by atoms with Gasteiger partial charge >= 0.3 is 5.69 Å². The molecule has 0 bridgehead atoms. The molecule has 3 aromatic rings. The highest BCUT2D eigenvalue weighted by atomic mass is 16.6. The highest BCUT2D eigenvalue weighted by Gasteiger charge is 2.28. The van der Waals surface area contributed by atoms with Gasteiger partial charge in [-0.3, -0.25) is 10.1 Å². The SMILES string of the molecule is O=[N+]([O-])c1c(Oc2ccn[nH]2)ccc(O)c1Oc1ccn[nH]1. The summed E-state index contributed by atoms with van der Waals surface area (Å²) >= 11 is 0. The van der Waals surface area contributed by atoms with Crippen molar-refractivity contribution < 1.29 is 19.5 Å². The molecule has 112 valence electrons. The van der Waals surface area contributed by atoms with Crippen LogP contribution in [0.2, 0.25) is 0 Å².